The molecule has 0 spiro atoms. The second kappa shape index (κ2) is 7.62. The fraction of sp³-hybridized carbons (Fsp3) is 0.462. The van der Waals surface area contributed by atoms with E-state index in [4.69, 9.17) is 5.73 Å². The van der Waals surface area contributed by atoms with Gasteiger partial charge in [0.05, 0.1) is 11.0 Å². The maximum atomic E-state index is 5.63. The maximum absolute atomic E-state index is 5.63. The second-order valence-electron chi connectivity index (χ2n) is 4.56. The van der Waals surface area contributed by atoms with Crippen molar-refractivity contribution in [2.45, 2.75) is 26.8 Å². The molecule has 0 aliphatic heterocycles. The van der Waals surface area contributed by atoms with Gasteiger partial charge in [-0.2, -0.15) is 0 Å². The summed E-state index contributed by atoms with van der Waals surface area (Å²) in [6.07, 6.45) is 0.849. The van der Waals surface area contributed by atoms with Gasteiger partial charge in [0.2, 0.25) is 0 Å². The normalized spacial score (nSPS) is 10.2. The van der Waals surface area contributed by atoms with E-state index < -0.39 is 0 Å². The fourth-order valence-electron chi connectivity index (χ4n) is 2.01. The van der Waals surface area contributed by atoms with Crippen LogP contribution in [-0.2, 0) is 13.0 Å². The van der Waals surface area contributed by atoms with E-state index in [-0.39, 0.29) is 24.8 Å². The van der Waals surface area contributed by atoms with Crippen LogP contribution in [0.1, 0.15) is 19.7 Å². The lowest BCUT2D eigenvalue weighted by atomic mass is 10.2. The molecular formula is C13H21Cl2N3. The number of nitrogens with two attached hydrogens (primary N) is 1. The largest absolute Gasteiger partial charge is 0.330 e. The van der Waals surface area contributed by atoms with Crippen LogP contribution in [0.15, 0.2) is 24.3 Å². The van der Waals surface area contributed by atoms with Crippen molar-refractivity contribution in [3.05, 3.63) is 30.1 Å². The first-order chi connectivity index (χ1) is 7.72. The van der Waals surface area contributed by atoms with Gasteiger partial charge in [-0.25, -0.2) is 4.98 Å². The van der Waals surface area contributed by atoms with Crippen LogP contribution in [0.4, 0.5) is 0 Å². The van der Waals surface area contributed by atoms with Gasteiger partial charge in [-0.3, -0.25) is 0 Å². The van der Waals surface area contributed by atoms with Gasteiger partial charge in [0.25, 0.3) is 0 Å². The van der Waals surface area contributed by atoms with Crippen molar-refractivity contribution in [2.75, 3.05) is 6.54 Å². The van der Waals surface area contributed by atoms with Crippen LogP contribution in [0.5, 0.6) is 0 Å². The number of imidazole rings is 1. The summed E-state index contributed by atoms with van der Waals surface area (Å²) in [5.74, 6) is 1.73. The molecule has 0 aliphatic rings. The van der Waals surface area contributed by atoms with Crippen molar-refractivity contribution >= 4 is 35.8 Å². The molecule has 0 radical (unpaired) electrons. The van der Waals surface area contributed by atoms with Crippen molar-refractivity contribution in [3.63, 3.8) is 0 Å². The summed E-state index contributed by atoms with van der Waals surface area (Å²) in [6, 6.07) is 8.28. The highest BCUT2D eigenvalue weighted by Gasteiger charge is 2.10. The Morgan fingerprint density at radius 1 is 1.22 bits per heavy atom. The van der Waals surface area contributed by atoms with Gasteiger partial charge in [0, 0.05) is 13.0 Å². The molecule has 0 fully saturated rings. The maximum Gasteiger partial charge on any atom is 0.111 e. The molecule has 0 saturated heterocycles. The Morgan fingerprint density at radius 3 is 2.50 bits per heavy atom. The van der Waals surface area contributed by atoms with E-state index in [1.165, 1.54) is 5.52 Å². The van der Waals surface area contributed by atoms with Crippen LogP contribution in [0, 0.1) is 5.92 Å². The molecule has 1 heterocycles. The van der Waals surface area contributed by atoms with Crippen LogP contribution in [0.25, 0.3) is 11.0 Å². The van der Waals surface area contributed by atoms with Crippen molar-refractivity contribution in [3.8, 4) is 0 Å². The Bertz CT molecular complexity index is 480. The molecule has 2 aromatic rings. The average molecular weight is 290 g/mol. The van der Waals surface area contributed by atoms with E-state index >= 15 is 0 Å². The summed E-state index contributed by atoms with van der Waals surface area (Å²) in [7, 11) is 0. The van der Waals surface area contributed by atoms with Crippen molar-refractivity contribution in [2.24, 2.45) is 11.7 Å². The average Bonchev–Trinajstić information content (AvgIpc) is 2.57. The number of para-hydroxylation sites is 2. The first kappa shape index (κ1) is 17.2. The van der Waals surface area contributed by atoms with Gasteiger partial charge < -0.3 is 10.3 Å². The summed E-state index contributed by atoms with van der Waals surface area (Å²) in [4.78, 5) is 4.64. The van der Waals surface area contributed by atoms with Gasteiger partial charge in [0.15, 0.2) is 0 Å². The SMILES string of the molecule is CC(C)Cn1c(CCN)nc2ccccc21.Cl.Cl. The third kappa shape index (κ3) is 3.61. The number of halogens is 2. The third-order valence-electron chi connectivity index (χ3n) is 2.65. The topological polar surface area (TPSA) is 43.8 Å². The second-order valence-corrected chi connectivity index (χ2v) is 4.56. The first-order valence-corrected chi connectivity index (χ1v) is 5.86. The molecule has 1 aromatic carbocycles. The summed E-state index contributed by atoms with van der Waals surface area (Å²) in [5, 5.41) is 0. The standard InChI is InChI=1S/C13H19N3.2ClH/c1-10(2)9-16-12-6-4-3-5-11(12)15-13(16)7-8-14;;/h3-6,10H,7-9,14H2,1-2H3;2*1H. The molecule has 2 rings (SSSR count). The van der Waals surface area contributed by atoms with Crippen LogP contribution >= 0.6 is 24.8 Å². The van der Waals surface area contributed by atoms with Crippen LogP contribution in [-0.4, -0.2) is 16.1 Å². The number of rotatable bonds is 4. The lowest BCUT2D eigenvalue weighted by Crippen LogP contribution is -2.12. The minimum Gasteiger partial charge on any atom is -0.330 e. The third-order valence-corrected chi connectivity index (χ3v) is 2.65. The highest BCUT2D eigenvalue weighted by atomic mass is 35.5. The lowest BCUT2D eigenvalue weighted by molar-refractivity contribution is 0.517. The molecule has 1 aromatic heterocycles. The number of hydrogen-bond donors (Lipinski definition) is 1. The van der Waals surface area contributed by atoms with Crippen LogP contribution < -0.4 is 5.73 Å². The number of fused-ring (bicyclic) bond motifs is 1. The molecule has 3 nitrogen and oxygen atoms in total. The monoisotopic (exact) mass is 289 g/mol. The Kier molecular flexibility index (Phi) is 7.29. The van der Waals surface area contributed by atoms with E-state index in [1.807, 2.05) is 6.07 Å². The molecular weight excluding hydrogens is 269 g/mol. The quantitative estimate of drug-likeness (QED) is 0.940. The zero-order chi connectivity index (χ0) is 11.5. The van der Waals surface area contributed by atoms with E-state index in [0.29, 0.717) is 12.5 Å². The van der Waals surface area contributed by atoms with E-state index in [0.717, 1.165) is 24.3 Å². The Morgan fingerprint density at radius 2 is 1.89 bits per heavy atom. The minimum absolute atomic E-state index is 0. The van der Waals surface area contributed by atoms with Crippen molar-refractivity contribution in [1.29, 1.82) is 0 Å². The highest BCUT2D eigenvalue weighted by Crippen LogP contribution is 2.17. The molecule has 0 saturated carbocycles. The first-order valence-electron chi connectivity index (χ1n) is 5.86. The molecule has 0 aliphatic carbocycles. The van der Waals surface area contributed by atoms with E-state index in [2.05, 4.69) is 41.6 Å². The number of nitrogens with zero attached hydrogens (tertiary/aromatic N) is 2. The Hall–Kier alpha value is -0.770. The lowest BCUT2D eigenvalue weighted by Gasteiger charge is -2.11. The summed E-state index contributed by atoms with van der Waals surface area (Å²) < 4.78 is 2.30. The van der Waals surface area contributed by atoms with E-state index in [9.17, 15) is 0 Å². The number of benzene rings is 1. The van der Waals surface area contributed by atoms with Gasteiger partial charge in [-0.05, 0) is 24.6 Å². The van der Waals surface area contributed by atoms with Gasteiger partial charge in [-0.1, -0.05) is 26.0 Å². The van der Waals surface area contributed by atoms with Gasteiger partial charge in [-0.15, -0.1) is 24.8 Å². The molecule has 0 atom stereocenters. The van der Waals surface area contributed by atoms with Crippen LogP contribution in [0.2, 0.25) is 0 Å². The highest BCUT2D eigenvalue weighted by molar-refractivity contribution is 5.85. The number of aromatic nitrogens is 2. The van der Waals surface area contributed by atoms with Gasteiger partial charge >= 0.3 is 0 Å². The zero-order valence-electron chi connectivity index (χ0n) is 10.8. The molecule has 0 bridgehead atoms. The zero-order valence-corrected chi connectivity index (χ0v) is 12.4. The summed E-state index contributed by atoms with van der Waals surface area (Å²) in [5.41, 5.74) is 7.93. The predicted molar refractivity (Wildman–Crippen MR) is 81.8 cm³/mol. The minimum atomic E-state index is 0. The Balaban J connectivity index is 0.00000144. The molecule has 0 unspecified atom stereocenters. The predicted octanol–water partition coefficient (Wildman–Crippen LogP) is 3.04. The van der Waals surface area contributed by atoms with Gasteiger partial charge in [0.1, 0.15) is 5.82 Å². The number of hydrogen-bond acceptors (Lipinski definition) is 2. The van der Waals surface area contributed by atoms with Crippen molar-refractivity contribution in [1.82, 2.24) is 9.55 Å². The Labute approximate surface area is 121 Å². The summed E-state index contributed by atoms with van der Waals surface area (Å²) >= 11 is 0. The molecule has 0 amide bonds. The molecule has 5 heteroatoms. The summed E-state index contributed by atoms with van der Waals surface area (Å²) in [6.45, 7) is 6.11. The molecule has 2 N–H and O–H groups in total. The van der Waals surface area contributed by atoms with Crippen LogP contribution in [0.3, 0.4) is 0 Å². The van der Waals surface area contributed by atoms with E-state index in [1.54, 1.807) is 0 Å². The smallest absolute Gasteiger partial charge is 0.111 e. The molecule has 18 heavy (non-hydrogen) atoms. The fourth-order valence-corrected chi connectivity index (χ4v) is 2.01. The van der Waals surface area contributed by atoms with Crippen molar-refractivity contribution < 1.29 is 0 Å². The molecule has 102 valence electrons.